The van der Waals surface area contributed by atoms with Crippen LogP contribution in [0.5, 0.6) is 0 Å². The number of hydrogen-bond acceptors (Lipinski definition) is 1. The molecule has 2 aromatic rings. The Morgan fingerprint density at radius 2 is 1.40 bits per heavy atom. The van der Waals surface area contributed by atoms with Crippen molar-refractivity contribution in [3.8, 4) is 0 Å². The van der Waals surface area contributed by atoms with Crippen LogP contribution in [0.2, 0.25) is 0 Å². The summed E-state index contributed by atoms with van der Waals surface area (Å²) >= 11 is 0. The molecule has 0 aliphatic rings. The van der Waals surface area contributed by atoms with Crippen LogP contribution in [0.4, 0.5) is 22.0 Å². The summed E-state index contributed by atoms with van der Waals surface area (Å²) in [6, 6.07) is 6.33. The Labute approximate surface area is 110 Å². The number of halogens is 5. The maximum atomic E-state index is 13.4. The molecule has 0 unspecified atom stereocenters. The van der Waals surface area contributed by atoms with Crippen molar-refractivity contribution in [3.05, 3.63) is 70.8 Å². The lowest BCUT2D eigenvalue weighted by Gasteiger charge is -2.09. The number of ketones is 1. The van der Waals surface area contributed by atoms with E-state index in [2.05, 4.69) is 0 Å². The van der Waals surface area contributed by atoms with Gasteiger partial charge in [0.15, 0.2) is 5.78 Å². The average Bonchev–Trinajstić information content (AvgIpc) is 2.37. The number of hydrogen-bond donors (Lipinski definition) is 0. The first-order valence-electron chi connectivity index (χ1n) is 5.46. The van der Waals surface area contributed by atoms with E-state index in [1.165, 1.54) is 12.1 Å². The Kier molecular flexibility index (Phi) is 3.57. The highest BCUT2D eigenvalue weighted by Crippen LogP contribution is 2.31. The van der Waals surface area contributed by atoms with Crippen LogP contribution in [0, 0.1) is 11.6 Å². The van der Waals surface area contributed by atoms with Crippen LogP contribution in [0.25, 0.3) is 0 Å². The van der Waals surface area contributed by atoms with Crippen molar-refractivity contribution in [1.82, 2.24) is 0 Å². The zero-order valence-electron chi connectivity index (χ0n) is 9.84. The maximum absolute atomic E-state index is 13.4. The third-order valence-electron chi connectivity index (χ3n) is 2.64. The van der Waals surface area contributed by atoms with Crippen LogP contribution in [-0.4, -0.2) is 5.78 Å². The highest BCUT2D eigenvalue weighted by molar-refractivity contribution is 6.08. The van der Waals surface area contributed by atoms with Gasteiger partial charge in [0.25, 0.3) is 0 Å². The van der Waals surface area contributed by atoms with Crippen LogP contribution < -0.4 is 0 Å². The van der Waals surface area contributed by atoms with Gasteiger partial charge in [0.05, 0.1) is 5.56 Å². The number of rotatable bonds is 2. The van der Waals surface area contributed by atoms with Gasteiger partial charge in [-0.15, -0.1) is 0 Å². The third kappa shape index (κ3) is 2.84. The Balaban J connectivity index is 2.37. The van der Waals surface area contributed by atoms with Crippen LogP contribution in [0.3, 0.4) is 0 Å². The predicted octanol–water partition coefficient (Wildman–Crippen LogP) is 4.21. The average molecular weight is 286 g/mol. The molecule has 2 aromatic carbocycles. The monoisotopic (exact) mass is 286 g/mol. The van der Waals surface area contributed by atoms with Crippen LogP contribution in [0.1, 0.15) is 21.5 Å². The summed E-state index contributed by atoms with van der Waals surface area (Å²) in [5.41, 5.74) is -1.61. The molecule has 0 heterocycles. The second-order valence-corrected chi connectivity index (χ2v) is 4.03. The van der Waals surface area contributed by atoms with E-state index in [0.29, 0.717) is 12.1 Å². The molecule has 0 saturated carbocycles. The Hall–Kier alpha value is -2.24. The van der Waals surface area contributed by atoms with Crippen molar-refractivity contribution in [2.24, 2.45) is 0 Å². The molecule has 0 atom stereocenters. The fourth-order valence-corrected chi connectivity index (χ4v) is 1.65. The predicted molar refractivity (Wildman–Crippen MR) is 61.2 cm³/mol. The molecule has 0 radical (unpaired) electrons. The van der Waals surface area contributed by atoms with Crippen LogP contribution in [0.15, 0.2) is 42.5 Å². The summed E-state index contributed by atoms with van der Waals surface area (Å²) in [5.74, 6) is -2.76. The molecular formula is C14H7F5O. The van der Waals surface area contributed by atoms with E-state index in [9.17, 15) is 26.7 Å². The molecule has 0 saturated heterocycles. The van der Waals surface area contributed by atoms with E-state index in [1.54, 1.807) is 0 Å². The zero-order valence-corrected chi connectivity index (χ0v) is 9.84. The molecule has 104 valence electrons. The number of carbonyl (C=O) groups is 1. The van der Waals surface area contributed by atoms with Crippen LogP contribution >= 0.6 is 0 Å². The van der Waals surface area contributed by atoms with E-state index in [4.69, 9.17) is 0 Å². The number of benzene rings is 2. The molecule has 0 aliphatic carbocycles. The lowest BCUT2D eigenvalue weighted by molar-refractivity contribution is -0.140. The molecule has 20 heavy (non-hydrogen) atoms. The van der Waals surface area contributed by atoms with Gasteiger partial charge in [0, 0.05) is 11.1 Å². The van der Waals surface area contributed by atoms with Crippen LogP contribution in [-0.2, 0) is 6.18 Å². The maximum Gasteiger partial charge on any atom is 0.419 e. The first-order chi connectivity index (χ1) is 9.29. The summed E-state index contributed by atoms with van der Waals surface area (Å²) in [6.45, 7) is 0. The Morgan fingerprint density at radius 3 is 1.90 bits per heavy atom. The van der Waals surface area contributed by atoms with Crippen molar-refractivity contribution in [1.29, 1.82) is 0 Å². The molecule has 0 N–H and O–H groups in total. The van der Waals surface area contributed by atoms with Crippen molar-refractivity contribution >= 4 is 5.78 Å². The fourth-order valence-electron chi connectivity index (χ4n) is 1.65. The number of alkyl halides is 3. The molecule has 0 fully saturated rings. The summed E-state index contributed by atoms with van der Waals surface area (Å²) in [5, 5.41) is 0. The van der Waals surface area contributed by atoms with Gasteiger partial charge in [-0.05, 0) is 36.4 Å². The summed E-state index contributed by atoms with van der Waals surface area (Å²) in [4.78, 5) is 11.9. The van der Waals surface area contributed by atoms with Crippen molar-refractivity contribution < 1.29 is 26.7 Å². The van der Waals surface area contributed by atoms with Gasteiger partial charge < -0.3 is 0 Å². The molecule has 0 aromatic heterocycles. The quantitative estimate of drug-likeness (QED) is 0.597. The molecule has 0 aliphatic heterocycles. The minimum Gasteiger partial charge on any atom is -0.289 e. The molecule has 0 amide bonds. The van der Waals surface area contributed by atoms with Gasteiger partial charge in [0.2, 0.25) is 0 Å². The second kappa shape index (κ2) is 5.03. The van der Waals surface area contributed by atoms with Gasteiger partial charge >= 0.3 is 6.18 Å². The van der Waals surface area contributed by atoms with E-state index >= 15 is 0 Å². The molecule has 2 rings (SSSR count). The van der Waals surface area contributed by atoms with Gasteiger partial charge in [-0.25, -0.2) is 8.78 Å². The Bertz CT molecular complexity index is 644. The molecule has 0 spiro atoms. The minimum atomic E-state index is -4.82. The van der Waals surface area contributed by atoms with E-state index in [-0.39, 0.29) is 11.1 Å². The standard InChI is InChI=1S/C14H7F5O/c15-10-4-1-8(2-5-10)13(20)9-3-6-11(12(16)7-9)14(17,18)19/h1-7H. The molecule has 1 nitrogen and oxygen atoms in total. The molecule has 6 heteroatoms. The Morgan fingerprint density at radius 1 is 0.850 bits per heavy atom. The lowest BCUT2D eigenvalue weighted by Crippen LogP contribution is -2.10. The normalized spacial score (nSPS) is 11.4. The largest absolute Gasteiger partial charge is 0.419 e. The van der Waals surface area contributed by atoms with Crippen molar-refractivity contribution in [3.63, 3.8) is 0 Å². The summed E-state index contributed by atoms with van der Waals surface area (Å²) in [7, 11) is 0. The van der Waals surface area contributed by atoms with E-state index in [1.807, 2.05) is 0 Å². The zero-order chi connectivity index (χ0) is 14.9. The van der Waals surface area contributed by atoms with Crippen molar-refractivity contribution in [2.75, 3.05) is 0 Å². The lowest BCUT2D eigenvalue weighted by atomic mass is 10.0. The topological polar surface area (TPSA) is 17.1 Å². The van der Waals surface area contributed by atoms with Crippen molar-refractivity contribution in [2.45, 2.75) is 6.18 Å². The smallest absolute Gasteiger partial charge is 0.289 e. The number of carbonyl (C=O) groups excluding carboxylic acids is 1. The highest BCUT2D eigenvalue weighted by atomic mass is 19.4. The first kappa shape index (κ1) is 14.2. The van der Waals surface area contributed by atoms with E-state index < -0.39 is 29.2 Å². The van der Waals surface area contributed by atoms with E-state index in [0.717, 1.165) is 18.2 Å². The summed E-state index contributed by atoms with van der Waals surface area (Å²) < 4.78 is 63.2. The highest BCUT2D eigenvalue weighted by Gasteiger charge is 2.34. The minimum absolute atomic E-state index is 0.0607. The van der Waals surface area contributed by atoms with Gasteiger partial charge in [-0.3, -0.25) is 4.79 Å². The SMILES string of the molecule is O=C(c1ccc(F)cc1)c1ccc(C(F)(F)F)c(F)c1. The molecule has 0 bridgehead atoms. The van der Waals surface area contributed by atoms with Gasteiger partial charge in [0.1, 0.15) is 11.6 Å². The second-order valence-electron chi connectivity index (χ2n) is 4.03. The van der Waals surface area contributed by atoms with Gasteiger partial charge in [-0.2, -0.15) is 13.2 Å². The first-order valence-corrected chi connectivity index (χ1v) is 5.46. The fraction of sp³-hybridized carbons (Fsp3) is 0.0714. The third-order valence-corrected chi connectivity index (χ3v) is 2.64. The van der Waals surface area contributed by atoms with Gasteiger partial charge in [-0.1, -0.05) is 6.07 Å². The molecular weight excluding hydrogens is 279 g/mol. The summed E-state index contributed by atoms with van der Waals surface area (Å²) in [6.07, 6.45) is -4.82.